The molecular weight excluding hydrogens is 312 g/mol. The second-order valence-electron chi connectivity index (χ2n) is 5.74. The fraction of sp³-hybridized carbons (Fsp3) is 0.529. The van der Waals surface area contributed by atoms with Crippen molar-refractivity contribution in [3.8, 4) is 0 Å². The number of carbonyl (C=O) groups is 2. The fourth-order valence-corrected chi connectivity index (χ4v) is 2.61. The average Bonchev–Trinajstić information content (AvgIpc) is 2.59. The normalized spacial score (nSPS) is 20.5. The van der Waals surface area contributed by atoms with E-state index in [1.807, 2.05) is 37.3 Å². The van der Waals surface area contributed by atoms with Crippen LogP contribution in [0, 0.1) is 0 Å². The van der Waals surface area contributed by atoms with Crippen LogP contribution in [0.2, 0.25) is 0 Å². The van der Waals surface area contributed by atoms with Crippen LogP contribution in [-0.2, 0) is 16.1 Å². The van der Waals surface area contributed by atoms with Gasteiger partial charge in [-0.2, -0.15) is 0 Å². The molecule has 2 atom stereocenters. The van der Waals surface area contributed by atoms with Crippen molar-refractivity contribution in [2.75, 3.05) is 19.7 Å². The van der Waals surface area contributed by atoms with Gasteiger partial charge in [-0.05, 0) is 18.4 Å². The monoisotopic (exact) mass is 336 g/mol. The number of benzene rings is 1. The molecule has 0 aliphatic carbocycles. The van der Waals surface area contributed by atoms with Gasteiger partial charge < -0.3 is 24.8 Å². The summed E-state index contributed by atoms with van der Waals surface area (Å²) in [5, 5.41) is 11.9. The van der Waals surface area contributed by atoms with Gasteiger partial charge in [0.15, 0.2) is 0 Å². The predicted molar refractivity (Wildman–Crippen MR) is 87.8 cm³/mol. The van der Waals surface area contributed by atoms with Crippen molar-refractivity contribution in [3.63, 3.8) is 0 Å². The third-order valence-corrected chi connectivity index (χ3v) is 3.88. The number of piperidine rings is 1. The van der Waals surface area contributed by atoms with Gasteiger partial charge in [0.1, 0.15) is 6.61 Å². The second kappa shape index (κ2) is 9.12. The molecule has 1 fully saturated rings. The summed E-state index contributed by atoms with van der Waals surface area (Å²) < 4.78 is 10.9. The topological polar surface area (TPSA) is 88.1 Å². The summed E-state index contributed by atoms with van der Waals surface area (Å²) in [5.74, 6) is 0. The molecular formula is C17H24N2O5. The Labute approximate surface area is 141 Å². The van der Waals surface area contributed by atoms with Crippen molar-refractivity contribution in [1.82, 2.24) is 10.2 Å². The first-order valence-corrected chi connectivity index (χ1v) is 8.16. The van der Waals surface area contributed by atoms with E-state index in [0.717, 1.165) is 12.0 Å². The van der Waals surface area contributed by atoms with Crippen molar-refractivity contribution >= 4 is 12.2 Å². The maximum atomic E-state index is 12.0. The number of nitrogens with one attached hydrogen (secondary N) is 1. The zero-order valence-electron chi connectivity index (χ0n) is 13.8. The number of alkyl carbamates (subject to hydrolysis) is 1. The molecule has 2 N–H and O–H groups in total. The number of hydrogen-bond donors (Lipinski definition) is 2. The van der Waals surface area contributed by atoms with E-state index >= 15 is 0 Å². The van der Waals surface area contributed by atoms with Crippen LogP contribution in [0.25, 0.3) is 0 Å². The molecule has 0 spiro atoms. The summed E-state index contributed by atoms with van der Waals surface area (Å²) in [6, 6.07) is 9.17. The lowest BCUT2D eigenvalue weighted by atomic mass is 10.0. The molecule has 24 heavy (non-hydrogen) atoms. The number of amides is 2. The zero-order chi connectivity index (χ0) is 17.4. The molecule has 0 aromatic heterocycles. The van der Waals surface area contributed by atoms with Crippen molar-refractivity contribution in [3.05, 3.63) is 35.9 Å². The van der Waals surface area contributed by atoms with Crippen LogP contribution < -0.4 is 5.32 Å². The Morgan fingerprint density at radius 2 is 2.08 bits per heavy atom. The van der Waals surface area contributed by atoms with E-state index in [-0.39, 0.29) is 25.3 Å². The third kappa shape index (κ3) is 5.42. The van der Waals surface area contributed by atoms with E-state index in [1.165, 1.54) is 4.90 Å². The van der Waals surface area contributed by atoms with Gasteiger partial charge in [0, 0.05) is 13.2 Å². The smallest absolute Gasteiger partial charge is 0.407 e. The number of hydrogen-bond acceptors (Lipinski definition) is 4. The minimum Gasteiger partial charge on any atom is -0.465 e. The van der Waals surface area contributed by atoms with E-state index in [1.54, 1.807) is 0 Å². The number of nitrogens with zero attached hydrogens (tertiary/aromatic N) is 1. The van der Waals surface area contributed by atoms with Crippen LogP contribution in [0.15, 0.2) is 30.3 Å². The third-order valence-electron chi connectivity index (χ3n) is 3.88. The van der Waals surface area contributed by atoms with Crippen LogP contribution in [-0.4, -0.2) is 54.0 Å². The predicted octanol–water partition coefficient (Wildman–Crippen LogP) is 2.46. The van der Waals surface area contributed by atoms with Crippen LogP contribution in [0.4, 0.5) is 9.59 Å². The molecule has 7 heteroatoms. The van der Waals surface area contributed by atoms with Crippen molar-refractivity contribution in [2.45, 2.75) is 38.5 Å². The molecule has 0 saturated carbocycles. The molecule has 1 aromatic rings. The SMILES string of the molecule is CCCO[C@H]1CN(C(=O)O)CC[C@H]1NC(=O)OCc1ccccc1. The summed E-state index contributed by atoms with van der Waals surface area (Å²) >= 11 is 0. The molecule has 0 unspecified atom stereocenters. The largest absolute Gasteiger partial charge is 0.465 e. The first-order valence-electron chi connectivity index (χ1n) is 8.16. The van der Waals surface area contributed by atoms with Crippen molar-refractivity contribution in [2.24, 2.45) is 0 Å². The Hall–Kier alpha value is -2.28. The van der Waals surface area contributed by atoms with Gasteiger partial charge in [-0.15, -0.1) is 0 Å². The molecule has 0 bridgehead atoms. The number of carboxylic acid groups (broad SMARTS) is 1. The van der Waals surface area contributed by atoms with E-state index < -0.39 is 12.2 Å². The van der Waals surface area contributed by atoms with E-state index in [0.29, 0.717) is 19.6 Å². The summed E-state index contributed by atoms with van der Waals surface area (Å²) in [7, 11) is 0. The molecule has 132 valence electrons. The number of carbonyl (C=O) groups excluding carboxylic acids is 1. The fourth-order valence-electron chi connectivity index (χ4n) is 2.61. The maximum Gasteiger partial charge on any atom is 0.407 e. The zero-order valence-corrected chi connectivity index (χ0v) is 13.8. The van der Waals surface area contributed by atoms with Gasteiger partial charge in [0.05, 0.1) is 18.7 Å². The molecule has 1 aromatic carbocycles. The number of rotatable bonds is 6. The second-order valence-corrected chi connectivity index (χ2v) is 5.74. The van der Waals surface area contributed by atoms with Gasteiger partial charge >= 0.3 is 12.2 Å². The number of likely N-dealkylation sites (tertiary alicyclic amines) is 1. The summed E-state index contributed by atoms with van der Waals surface area (Å²) in [4.78, 5) is 24.4. The first kappa shape index (κ1) is 18.1. The Bertz CT molecular complexity index is 537. The molecule has 1 aliphatic rings. The van der Waals surface area contributed by atoms with Crippen LogP contribution >= 0.6 is 0 Å². The Morgan fingerprint density at radius 1 is 1.33 bits per heavy atom. The quantitative estimate of drug-likeness (QED) is 0.833. The molecule has 2 rings (SSSR count). The summed E-state index contributed by atoms with van der Waals surface area (Å²) in [6.07, 6.45) is -0.516. The van der Waals surface area contributed by atoms with Gasteiger partial charge in [-0.1, -0.05) is 37.3 Å². The lowest BCUT2D eigenvalue weighted by molar-refractivity contribution is -0.0175. The molecule has 1 aliphatic heterocycles. The van der Waals surface area contributed by atoms with Gasteiger partial charge in [-0.25, -0.2) is 9.59 Å². The average molecular weight is 336 g/mol. The molecule has 0 radical (unpaired) electrons. The molecule has 1 saturated heterocycles. The lowest BCUT2D eigenvalue weighted by Gasteiger charge is -2.37. The van der Waals surface area contributed by atoms with Crippen LogP contribution in [0.1, 0.15) is 25.3 Å². The molecule has 1 heterocycles. The van der Waals surface area contributed by atoms with Crippen molar-refractivity contribution in [1.29, 1.82) is 0 Å². The minimum atomic E-state index is -0.967. The van der Waals surface area contributed by atoms with Crippen molar-refractivity contribution < 1.29 is 24.2 Å². The molecule has 7 nitrogen and oxygen atoms in total. The van der Waals surface area contributed by atoms with Gasteiger partial charge in [0.25, 0.3) is 0 Å². The summed E-state index contributed by atoms with van der Waals surface area (Å²) in [6.45, 7) is 3.31. The highest BCUT2D eigenvalue weighted by atomic mass is 16.5. The Morgan fingerprint density at radius 3 is 2.75 bits per heavy atom. The van der Waals surface area contributed by atoms with E-state index in [4.69, 9.17) is 14.6 Å². The highest BCUT2D eigenvalue weighted by molar-refractivity contribution is 5.68. The van der Waals surface area contributed by atoms with E-state index in [9.17, 15) is 9.59 Å². The minimum absolute atomic E-state index is 0.196. The van der Waals surface area contributed by atoms with Gasteiger partial charge in [-0.3, -0.25) is 0 Å². The standard InChI is InChI=1S/C17H24N2O5/c1-2-10-23-15-11-19(17(21)22)9-8-14(15)18-16(20)24-12-13-6-4-3-5-7-13/h3-7,14-15H,2,8-12H2,1H3,(H,18,20)(H,21,22)/t14-,15+/m1/s1. The summed E-state index contributed by atoms with van der Waals surface area (Å²) in [5.41, 5.74) is 0.909. The highest BCUT2D eigenvalue weighted by Gasteiger charge is 2.33. The van der Waals surface area contributed by atoms with E-state index in [2.05, 4.69) is 5.32 Å². The lowest BCUT2D eigenvalue weighted by Crippen LogP contribution is -2.56. The van der Waals surface area contributed by atoms with Crippen LogP contribution in [0.3, 0.4) is 0 Å². The Balaban J connectivity index is 1.85. The first-order chi connectivity index (χ1) is 11.6. The Kier molecular flexibility index (Phi) is 6.87. The van der Waals surface area contributed by atoms with Crippen LogP contribution in [0.5, 0.6) is 0 Å². The molecule has 2 amide bonds. The number of ether oxygens (including phenoxy) is 2. The van der Waals surface area contributed by atoms with Gasteiger partial charge in [0.2, 0.25) is 0 Å². The highest BCUT2D eigenvalue weighted by Crippen LogP contribution is 2.15. The maximum absolute atomic E-state index is 12.0.